The van der Waals surface area contributed by atoms with Crippen LogP contribution in [-0.2, 0) is 0 Å². The van der Waals surface area contributed by atoms with Crippen LogP contribution in [0.25, 0.3) is 0 Å². The number of aromatic carboxylic acids is 1. The van der Waals surface area contributed by atoms with Gasteiger partial charge in [-0.05, 0) is 19.9 Å². The molecular weight excluding hydrogens is 318 g/mol. The molecule has 2 aromatic rings. The van der Waals surface area contributed by atoms with E-state index in [1.54, 1.807) is 4.57 Å². The third kappa shape index (κ3) is 3.62. The van der Waals surface area contributed by atoms with Crippen molar-refractivity contribution >= 4 is 5.97 Å². The normalized spacial score (nSPS) is 18.6. The molecule has 3 rings (SSSR count). The summed E-state index contributed by atoms with van der Waals surface area (Å²) in [7, 11) is 0. The molecule has 128 valence electrons. The number of imidazole rings is 1. The number of aryl methyl sites for hydroxylation is 1. The Morgan fingerprint density at radius 3 is 2.71 bits per heavy atom. The number of fused-ring (bicyclic) bond motifs is 1. The van der Waals surface area contributed by atoms with Gasteiger partial charge in [0.2, 0.25) is 0 Å². The number of ether oxygens (including phenoxy) is 1. The van der Waals surface area contributed by atoms with E-state index in [1.165, 1.54) is 6.20 Å². The number of hydrogen-bond acceptors (Lipinski definition) is 5. The van der Waals surface area contributed by atoms with E-state index >= 15 is 0 Å². The van der Waals surface area contributed by atoms with Crippen molar-refractivity contribution in [2.24, 2.45) is 0 Å². The molecule has 2 atom stereocenters. The van der Waals surface area contributed by atoms with E-state index in [4.69, 9.17) is 20.1 Å². The maximum Gasteiger partial charge on any atom is 0.354 e. The van der Waals surface area contributed by atoms with Crippen molar-refractivity contribution < 1.29 is 24.9 Å². The van der Waals surface area contributed by atoms with Crippen LogP contribution in [0.3, 0.4) is 0 Å². The molecule has 1 aliphatic heterocycles. The number of para-hydroxylation sites is 1. The highest BCUT2D eigenvalue weighted by Gasteiger charge is 2.30. The maximum absolute atomic E-state index is 11.4. The van der Waals surface area contributed by atoms with Crippen molar-refractivity contribution in [1.82, 2.24) is 9.55 Å². The number of hydrogen-bond donors (Lipinski definition) is 2. The first-order chi connectivity index (χ1) is 11.3. The molecule has 1 aliphatic rings. The first kappa shape index (κ1) is 17.3. The van der Waals surface area contributed by atoms with Crippen molar-refractivity contribution in [3.8, 4) is 5.75 Å². The number of carboxylic acids is 1. The lowest BCUT2D eigenvalue weighted by Crippen LogP contribution is -2.28. The molecule has 0 saturated heterocycles. The van der Waals surface area contributed by atoms with Gasteiger partial charge in [-0.15, -0.1) is 10.1 Å². The Morgan fingerprint density at radius 1 is 1.46 bits per heavy atom. The van der Waals surface area contributed by atoms with Crippen LogP contribution in [-0.4, -0.2) is 37.0 Å². The highest BCUT2D eigenvalue weighted by molar-refractivity contribution is 5.85. The molecule has 2 heterocycles. The second-order valence-corrected chi connectivity index (χ2v) is 5.32. The standard InChI is InChI=1S/C15H16N2O3.HNO3/c1-9-7-12(11-5-3-4-6-14(11)20-9)17-10(2)16-8-13(17)15(18)19;2-1(3)4/h3-6,8-9,12H,7H2,1-2H3,(H,18,19);(H,2,3,4)/t9-,12+;/m0./s1. The van der Waals surface area contributed by atoms with Crippen LogP contribution in [0.5, 0.6) is 5.75 Å². The monoisotopic (exact) mass is 335 g/mol. The fourth-order valence-electron chi connectivity index (χ4n) is 2.82. The molecule has 24 heavy (non-hydrogen) atoms. The molecular formula is C15H17N3O6. The van der Waals surface area contributed by atoms with Gasteiger partial charge in [-0.1, -0.05) is 18.2 Å². The van der Waals surface area contributed by atoms with Gasteiger partial charge in [-0.25, -0.2) is 9.78 Å². The lowest BCUT2D eigenvalue weighted by Gasteiger charge is -2.32. The van der Waals surface area contributed by atoms with Gasteiger partial charge in [0.15, 0.2) is 0 Å². The highest BCUT2D eigenvalue weighted by atomic mass is 16.9. The first-order valence-electron chi connectivity index (χ1n) is 7.17. The molecule has 0 spiro atoms. The van der Waals surface area contributed by atoms with Crippen LogP contribution < -0.4 is 4.74 Å². The summed E-state index contributed by atoms with van der Waals surface area (Å²) in [6, 6.07) is 7.72. The highest BCUT2D eigenvalue weighted by Crippen LogP contribution is 2.38. The molecule has 0 saturated carbocycles. The SMILES string of the molecule is Cc1ncc(C(=O)O)n1[C@@H]1C[C@H](C)Oc2ccccc21.O=[N+]([O-])O. The number of nitrogens with zero attached hydrogens (tertiary/aromatic N) is 3. The zero-order chi connectivity index (χ0) is 17.9. The molecule has 9 heteroatoms. The summed E-state index contributed by atoms with van der Waals surface area (Å²) in [5.41, 5.74) is 1.23. The third-order valence-corrected chi connectivity index (χ3v) is 3.67. The lowest BCUT2D eigenvalue weighted by molar-refractivity contribution is -0.742. The van der Waals surface area contributed by atoms with Gasteiger partial charge >= 0.3 is 5.97 Å². The molecule has 0 bridgehead atoms. The third-order valence-electron chi connectivity index (χ3n) is 3.67. The molecule has 0 amide bonds. The van der Waals surface area contributed by atoms with Gasteiger partial charge in [-0.3, -0.25) is 0 Å². The quantitative estimate of drug-likeness (QED) is 0.636. The molecule has 0 aliphatic carbocycles. The summed E-state index contributed by atoms with van der Waals surface area (Å²) in [5.74, 6) is 0.569. The van der Waals surface area contributed by atoms with Gasteiger partial charge in [0.25, 0.3) is 5.09 Å². The van der Waals surface area contributed by atoms with Crippen LogP contribution in [0, 0.1) is 17.0 Å². The molecule has 0 radical (unpaired) electrons. The molecule has 2 N–H and O–H groups in total. The second-order valence-electron chi connectivity index (χ2n) is 5.32. The van der Waals surface area contributed by atoms with E-state index in [0.29, 0.717) is 5.82 Å². The minimum Gasteiger partial charge on any atom is -0.490 e. The predicted molar refractivity (Wildman–Crippen MR) is 82.0 cm³/mol. The van der Waals surface area contributed by atoms with Crippen LogP contribution >= 0.6 is 0 Å². The number of carbonyl (C=O) groups is 1. The van der Waals surface area contributed by atoms with Crippen molar-refractivity contribution in [3.05, 3.63) is 57.7 Å². The van der Waals surface area contributed by atoms with Gasteiger partial charge in [0, 0.05) is 12.0 Å². The van der Waals surface area contributed by atoms with Crippen molar-refractivity contribution in [2.45, 2.75) is 32.4 Å². The van der Waals surface area contributed by atoms with E-state index in [1.807, 2.05) is 38.1 Å². The Labute approximate surface area is 137 Å². The van der Waals surface area contributed by atoms with Crippen LogP contribution in [0.4, 0.5) is 0 Å². The Morgan fingerprint density at radius 2 is 2.08 bits per heavy atom. The van der Waals surface area contributed by atoms with E-state index in [2.05, 4.69) is 4.98 Å². The van der Waals surface area contributed by atoms with Crippen molar-refractivity contribution in [3.63, 3.8) is 0 Å². The predicted octanol–water partition coefficient (Wildman–Crippen LogP) is 2.30. The Balaban J connectivity index is 0.000000471. The second kappa shape index (κ2) is 6.99. The van der Waals surface area contributed by atoms with Gasteiger partial charge in [-0.2, -0.15) is 0 Å². The first-order valence-corrected chi connectivity index (χ1v) is 7.17. The smallest absolute Gasteiger partial charge is 0.354 e. The summed E-state index contributed by atoms with van der Waals surface area (Å²) in [4.78, 5) is 23.9. The Hall–Kier alpha value is -3.10. The van der Waals surface area contributed by atoms with E-state index in [-0.39, 0.29) is 17.8 Å². The Bertz CT molecular complexity index is 753. The lowest BCUT2D eigenvalue weighted by atomic mass is 9.96. The zero-order valence-corrected chi connectivity index (χ0v) is 13.1. The summed E-state index contributed by atoms with van der Waals surface area (Å²) in [6.45, 7) is 3.82. The van der Waals surface area contributed by atoms with E-state index in [9.17, 15) is 9.90 Å². The number of benzene rings is 1. The summed E-state index contributed by atoms with van der Waals surface area (Å²) < 4.78 is 7.61. The van der Waals surface area contributed by atoms with Crippen molar-refractivity contribution in [2.75, 3.05) is 0 Å². The zero-order valence-electron chi connectivity index (χ0n) is 13.1. The minimum atomic E-state index is -1.50. The summed E-state index contributed by atoms with van der Waals surface area (Å²) >= 11 is 0. The molecule has 9 nitrogen and oxygen atoms in total. The number of aromatic nitrogens is 2. The maximum atomic E-state index is 11.4. The van der Waals surface area contributed by atoms with E-state index < -0.39 is 11.1 Å². The van der Waals surface area contributed by atoms with Crippen molar-refractivity contribution in [1.29, 1.82) is 0 Å². The number of rotatable bonds is 2. The molecule has 0 fully saturated rings. The van der Waals surface area contributed by atoms with Gasteiger partial charge < -0.3 is 19.6 Å². The number of carboxylic acid groups (broad SMARTS) is 1. The Kier molecular flexibility index (Phi) is 5.02. The molecule has 1 aromatic carbocycles. The average molecular weight is 335 g/mol. The molecule has 0 unspecified atom stereocenters. The van der Waals surface area contributed by atoms with Crippen LogP contribution in [0.1, 0.15) is 41.3 Å². The molecule has 1 aromatic heterocycles. The average Bonchev–Trinajstić information content (AvgIpc) is 2.87. The van der Waals surface area contributed by atoms with Gasteiger partial charge in [0.1, 0.15) is 17.3 Å². The summed E-state index contributed by atoms with van der Waals surface area (Å²) in [5, 5.41) is 23.0. The fourth-order valence-corrected chi connectivity index (χ4v) is 2.82. The van der Waals surface area contributed by atoms with Gasteiger partial charge in [0.05, 0.1) is 18.3 Å². The fraction of sp³-hybridized carbons (Fsp3) is 0.333. The van der Waals surface area contributed by atoms with Crippen LogP contribution in [0.15, 0.2) is 30.5 Å². The summed E-state index contributed by atoms with van der Waals surface area (Å²) in [6.07, 6.45) is 2.19. The topological polar surface area (TPSA) is 128 Å². The largest absolute Gasteiger partial charge is 0.490 e. The van der Waals surface area contributed by atoms with Crippen LogP contribution in [0.2, 0.25) is 0 Å². The van der Waals surface area contributed by atoms with E-state index in [0.717, 1.165) is 17.7 Å². The minimum absolute atomic E-state index is 0.0401.